The second-order valence-electron chi connectivity index (χ2n) is 6.80. The van der Waals surface area contributed by atoms with Crippen LogP contribution in [0.15, 0.2) is 24.3 Å². The van der Waals surface area contributed by atoms with E-state index in [1.54, 1.807) is 0 Å². The zero-order chi connectivity index (χ0) is 20.7. The van der Waals surface area contributed by atoms with Gasteiger partial charge < -0.3 is 10.1 Å². The van der Waals surface area contributed by atoms with E-state index in [9.17, 15) is 27.6 Å². The van der Waals surface area contributed by atoms with Gasteiger partial charge in [0.25, 0.3) is 5.91 Å². The van der Waals surface area contributed by atoms with Crippen molar-refractivity contribution in [1.29, 1.82) is 0 Å². The molecule has 3 amide bonds. The fourth-order valence-electron chi connectivity index (χ4n) is 3.00. The topological polar surface area (TPSA) is 84.5 Å². The van der Waals surface area contributed by atoms with E-state index >= 15 is 0 Å². The molecule has 0 saturated heterocycles. The summed E-state index contributed by atoms with van der Waals surface area (Å²) in [6.07, 6.45) is -1.33. The molecule has 1 aromatic rings. The fraction of sp³-hybridized carbons (Fsp3) is 0.526. The van der Waals surface area contributed by atoms with Crippen molar-refractivity contribution in [3.8, 4) is 0 Å². The molecule has 0 radical (unpaired) electrons. The first kappa shape index (κ1) is 21.7. The number of ether oxygens (including phenoxy) is 1. The highest BCUT2D eigenvalue weighted by molar-refractivity contribution is 5.97. The lowest BCUT2D eigenvalue weighted by Gasteiger charge is -2.23. The van der Waals surface area contributed by atoms with Gasteiger partial charge in [-0.25, -0.2) is 4.79 Å². The number of carbonyl (C=O) groups is 3. The van der Waals surface area contributed by atoms with Crippen molar-refractivity contribution in [2.75, 3.05) is 0 Å². The van der Waals surface area contributed by atoms with Crippen LogP contribution >= 0.6 is 0 Å². The van der Waals surface area contributed by atoms with Crippen molar-refractivity contribution in [1.82, 2.24) is 10.6 Å². The van der Waals surface area contributed by atoms with E-state index < -0.39 is 42.2 Å². The third-order valence-corrected chi connectivity index (χ3v) is 4.46. The Kier molecular flexibility index (Phi) is 7.42. The molecular weight excluding hydrogens is 377 g/mol. The Hall–Kier alpha value is -2.58. The van der Waals surface area contributed by atoms with E-state index in [2.05, 4.69) is 10.6 Å². The molecule has 2 rings (SSSR count). The van der Waals surface area contributed by atoms with Gasteiger partial charge in [0.05, 0.1) is 12.0 Å². The SMILES string of the molecule is C[C@H](OC(=O)Cc1cccc(C(F)(F)F)c1)C(=O)NC(=O)NC1CCCCC1. The minimum atomic E-state index is -4.52. The lowest BCUT2D eigenvalue weighted by molar-refractivity contribution is -0.153. The van der Waals surface area contributed by atoms with Crippen LogP contribution < -0.4 is 10.6 Å². The van der Waals surface area contributed by atoms with Crippen LogP contribution in [0.25, 0.3) is 0 Å². The third kappa shape index (κ3) is 6.86. The molecule has 1 atom stereocenters. The number of amides is 3. The second-order valence-corrected chi connectivity index (χ2v) is 6.80. The molecule has 1 saturated carbocycles. The minimum Gasteiger partial charge on any atom is -0.452 e. The van der Waals surface area contributed by atoms with Gasteiger partial charge in [-0.05, 0) is 31.4 Å². The number of hydrogen-bond donors (Lipinski definition) is 2. The number of imide groups is 1. The number of urea groups is 1. The van der Waals surface area contributed by atoms with Crippen LogP contribution in [0, 0.1) is 0 Å². The molecule has 28 heavy (non-hydrogen) atoms. The molecule has 0 spiro atoms. The monoisotopic (exact) mass is 400 g/mol. The van der Waals surface area contributed by atoms with Crippen molar-refractivity contribution in [3.05, 3.63) is 35.4 Å². The summed E-state index contributed by atoms with van der Waals surface area (Å²) in [7, 11) is 0. The maximum atomic E-state index is 12.7. The predicted octanol–water partition coefficient (Wildman–Crippen LogP) is 3.34. The Bertz CT molecular complexity index is 715. The summed E-state index contributed by atoms with van der Waals surface area (Å²) in [5, 5.41) is 4.81. The molecule has 1 aliphatic carbocycles. The molecule has 0 heterocycles. The summed E-state index contributed by atoms with van der Waals surface area (Å²) in [5.41, 5.74) is -0.759. The van der Waals surface area contributed by atoms with Crippen molar-refractivity contribution in [2.24, 2.45) is 0 Å². The van der Waals surface area contributed by atoms with E-state index in [1.165, 1.54) is 19.1 Å². The number of rotatable bonds is 5. The van der Waals surface area contributed by atoms with Gasteiger partial charge in [0.2, 0.25) is 0 Å². The number of hydrogen-bond acceptors (Lipinski definition) is 4. The first-order valence-electron chi connectivity index (χ1n) is 9.12. The van der Waals surface area contributed by atoms with Gasteiger partial charge in [0, 0.05) is 6.04 Å². The van der Waals surface area contributed by atoms with Crippen LogP contribution in [0.3, 0.4) is 0 Å². The molecule has 6 nitrogen and oxygen atoms in total. The number of benzene rings is 1. The Morgan fingerprint density at radius 2 is 1.86 bits per heavy atom. The fourth-order valence-corrected chi connectivity index (χ4v) is 3.00. The van der Waals surface area contributed by atoms with Crippen LogP contribution in [0.2, 0.25) is 0 Å². The predicted molar refractivity (Wildman–Crippen MR) is 94.2 cm³/mol. The average Bonchev–Trinajstić information content (AvgIpc) is 2.61. The standard InChI is InChI=1S/C19H23F3N2O4/c1-12(17(26)24-18(27)23-15-8-3-2-4-9-15)28-16(25)11-13-6-5-7-14(10-13)19(20,21)22/h5-7,10,12,15H,2-4,8-9,11H2,1H3,(H2,23,24,26,27)/t12-/m0/s1. The summed E-state index contributed by atoms with van der Waals surface area (Å²) >= 11 is 0. The minimum absolute atomic E-state index is 0.0142. The van der Waals surface area contributed by atoms with Crippen molar-refractivity contribution in [3.63, 3.8) is 0 Å². The van der Waals surface area contributed by atoms with Crippen molar-refractivity contribution >= 4 is 17.9 Å². The smallest absolute Gasteiger partial charge is 0.416 e. The molecule has 0 aromatic heterocycles. The highest BCUT2D eigenvalue weighted by Crippen LogP contribution is 2.29. The van der Waals surface area contributed by atoms with Crippen LogP contribution in [-0.2, 0) is 26.9 Å². The summed E-state index contributed by atoms with van der Waals surface area (Å²) in [5.74, 6) is -1.67. The van der Waals surface area contributed by atoms with Crippen LogP contribution in [0.5, 0.6) is 0 Å². The molecule has 1 fully saturated rings. The van der Waals surface area contributed by atoms with E-state index in [4.69, 9.17) is 4.74 Å². The van der Waals surface area contributed by atoms with Crippen LogP contribution in [0.4, 0.5) is 18.0 Å². The van der Waals surface area contributed by atoms with E-state index in [0.29, 0.717) is 0 Å². The molecule has 2 N–H and O–H groups in total. The molecule has 1 aromatic carbocycles. The Labute approximate surface area is 160 Å². The average molecular weight is 400 g/mol. The Morgan fingerprint density at radius 1 is 1.18 bits per heavy atom. The van der Waals surface area contributed by atoms with Crippen LogP contribution in [-0.4, -0.2) is 30.1 Å². The quantitative estimate of drug-likeness (QED) is 0.743. The molecule has 0 bridgehead atoms. The van der Waals surface area contributed by atoms with Crippen molar-refractivity contribution in [2.45, 2.75) is 63.8 Å². The first-order chi connectivity index (χ1) is 13.1. The number of carbonyl (C=O) groups excluding carboxylic acids is 3. The number of halogens is 3. The largest absolute Gasteiger partial charge is 0.452 e. The van der Waals surface area contributed by atoms with Gasteiger partial charge in [-0.2, -0.15) is 13.2 Å². The maximum absolute atomic E-state index is 12.7. The second kappa shape index (κ2) is 9.57. The molecule has 0 aliphatic heterocycles. The molecular formula is C19H23F3N2O4. The Morgan fingerprint density at radius 3 is 2.50 bits per heavy atom. The lowest BCUT2D eigenvalue weighted by Crippen LogP contribution is -2.48. The van der Waals surface area contributed by atoms with Gasteiger partial charge in [-0.3, -0.25) is 14.9 Å². The van der Waals surface area contributed by atoms with Gasteiger partial charge in [-0.1, -0.05) is 37.5 Å². The van der Waals surface area contributed by atoms with E-state index in [0.717, 1.165) is 44.2 Å². The van der Waals surface area contributed by atoms with Crippen molar-refractivity contribution < 1.29 is 32.3 Å². The number of nitrogens with one attached hydrogen (secondary N) is 2. The normalized spacial score (nSPS) is 16.1. The maximum Gasteiger partial charge on any atom is 0.416 e. The van der Waals surface area contributed by atoms with E-state index in [1.807, 2.05) is 0 Å². The lowest BCUT2D eigenvalue weighted by atomic mass is 9.96. The summed E-state index contributed by atoms with van der Waals surface area (Å²) < 4.78 is 43.0. The van der Waals surface area contributed by atoms with Crippen LogP contribution in [0.1, 0.15) is 50.2 Å². The zero-order valence-electron chi connectivity index (χ0n) is 15.5. The highest BCUT2D eigenvalue weighted by Gasteiger charge is 2.30. The molecule has 9 heteroatoms. The highest BCUT2D eigenvalue weighted by atomic mass is 19.4. The molecule has 1 aliphatic rings. The van der Waals surface area contributed by atoms with Gasteiger partial charge in [0.1, 0.15) is 0 Å². The Balaban J connectivity index is 1.81. The summed E-state index contributed by atoms with van der Waals surface area (Å²) in [6.45, 7) is 1.28. The first-order valence-corrected chi connectivity index (χ1v) is 9.12. The number of alkyl halides is 3. The third-order valence-electron chi connectivity index (χ3n) is 4.46. The number of esters is 1. The molecule has 154 valence electrons. The van der Waals surface area contributed by atoms with Gasteiger partial charge >= 0.3 is 18.2 Å². The van der Waals surface area contributed by atoms with Gasteiger partial charge in [0.15, 0.2) is 6.10 Å². The van der Waals surface area contributed by atoms with Gasteiger partial charge in [-0.15, -0.1) is 0 Å². The summed E-state index contributed by atoms with van der Waals surface area (Å²) in [4.78, 5) is 35.7. The van der Waals surface area contributed by atoms with E-state index in [-0.39, 0.29) is 11.6 Å². The zero-order valence-corrected chi connectivity index (χ0v) is 15.5. The molecule has 0 unspecified atom stereocenters. The summed E-state index contributed by atoms with van der Waals surface area (Å²) in [6, 6.07) is 3.66.